The van der Waals surface area contributed by atoms with Gasteiger partial charge in [0.25, 0.3) is 5.91 Å². The highest BCUT2D eigenvalue weighted by molar-refractivity contribution is 5.94. The number of amides is 1. The number of rotatable bonds is 7. The Morgan fingerprint density at radius 2 is 2.09 bits per heavy atom. The lowest BCUT2D eigenvalue weighted by Gasteiger charge is -2.22. The first-order valence-electron chi connectivity index (χ1n) is 7.35. The Morgan fingerprint density at radius 1 is 1.36 bits per heavy atom. The van der Waals surface area contributed by atoms with Gasteiger partial charge < -0.3 is 10.4 Å². The van der Waals surface area contributed by atoms with Crippen LogP contribution in [0.15, 0.2) is 30.6 Å². The third-order valence-corrected chi connectivity index (χ3v) is 3.80. The Labute approximate surface area is 129 Å². The van der Waals surface area contributed by atoms with E-state index in [0.29, 0.717) is 12.1 Å². The molecular weight excluding hydrogens is 282 g/mol. The average Bonchev–Trinajstić information content (AvgIpc) is 3.05. The SMILES string of the molecule is CC[C@H](C)[C@H](CO)NC(=O)c1ccc(Cn2cnnn2)cc1. The van der Waals surface area contributed by atoms with Gasteiger partial charge in [-0.2, -0.15) is 0 Å². The zero-order valence-electron chi connectivity index (χ0n) is 12.8. The molecule has 1 aromatic carbocycles. The number of aliphatic hydroxyl groups is 1. The topological polar surface area (TPSA) is 92.9 Å². The van der Waals surface area contributed by atoms with Gasteiger partial charge in [-0.25, -0.2) is 4.68 Å². The van der Waals surface area contributed by atoms with Gasteiger partial charge in [-0.3, -0.25) is 4.79 Å². The van der Waals surface area contributed by atoms with E-state index in [1.807, 2.05) is 26.0 Å². The number of nitrogens with one attached hydrogen (secondary N) is 1. The Morgan fingerprint density at radius 3 is 2.64 bits per heavy atom. The zero-order chi connectivity index (χ0) is 15.9. The summed E-state index contributed by atoms with van der Waals surface area (Å²) in [5.74, 6) is 0.0568. The fraction of sp³-hybridized carbons (Fsp3) is 0.467. The van der Waals surface area contributed by atoms with Gasteiger partial charge in [-0.05, 0) is 34.0 Å². The molecule has 0 aliphatic rings. The van der Waals surface area contributed by atoms with Crippen molar-refractivity contribution in [3.8, 4) is 0 Å². The third-order valence-electron chi connectivity index (χ3n) is 3.80. The van der Waals surface area contributed by atoms with Crippen LogP contribution in [0.4, 0.5) is 0 Å². The minimum absolute atomic E-state index is 0.0574. The van der Waals surface area contributed by atoms with Gasteiger partial charge >= 0.3 is 0 Å². The molecule has 2 aromatic rings. The number of aliphatic hydroxyl groups excluding tert-OH is 1. The van der Waals surface area contributed by atoms with Gasteiger partial charge in [0.1, 0.15) is 6.33 Å². The van der Waals surface area contributed by atoms with Crippen LogP contribution in [0.3, 0.4) is 0 Å². The summed E-state index contributed by atoms with van der Waals surface area (Å²) >= 11 is 0. The molecule has 1 amide bonds. The standard InChI is InChI=1S/C15H21N5O2/c1-3-11(2)14(9-21)17-15(22)13-6-4-12(5-7-13)8-20-10-16-18-19-20/h4-7,10-11,14,21H,3,8-9H2,1-2H3,(H,17,22)/t11-,14-/m0/s1. The fourth-order valence-corrected chi connectivity index (χ4v) is 2.11. The molecule has 0 saturated heterocycles. The number of hydrogen-bond donors (Lipinski definition) is 2. The van der Waals surface area contributed by atoms with Crippen LogP contribution in [0.1, 0.15) is 36.2 Å². The number of aromatic nitrogens is 4. The van der Waals surface area contributed by atoms with Gasteiger partial charge in [0, 0.05) is 5.56 Å². The van der Waals surface area contributed by atoms with Crippen LogP contribution in [-0.4, -0.2) is 43.9 Å². The highest BCUT2D eigenvalue weighted by Gasteiger charge is 2.18. The maximum atomic E-state index is 12.2. The van der Waals surface area contributed by atoms with E-state index in [0.717, 1.165) is 12.0 Å². The third kappa shape index (κ3) is 4.11. The molecule has 2 N–H and O–H groups in total. The van der Waals surface area contributed by atoms with E-state index < -0.39 is 0 Å². The summed E-state index contributed by atoms with van der Waals surface area (Å²) in [6.07, 6.45) is 2.44. The summed E-state index contributed by atoms with van der Waals surface area (Å²) in [6.45, 7) is 4.54. The Bertz CT molecular complexity index is 582. The van der Waals surface area contributed by atoms with Crippen molar-refractivity contribution >= 4 is 5.91 Å². The number of nitrogens with zero attached hydrogens (tertiary/aromatic N) is 4. The first-order valence-corrected chi connectivity index (χ1v) is 7.35. The lowest BCUT2D eigenvalue weighted by atomic mass is 9.99. The monoisotopic (exact) mass is 303 g/mol. The first-order chi connectivity index (χ1) is 10.6. The normalized spacial score (nSPS) is 13.6. The van der Waals surface area contributed by atoms with Crippen LogP contribution in [0.25, 0.3) is 0 Å². The number of carbonyl (C=O) groups excluding carboxylic acids is 1. The van der Waals surface area contributed by atoms with Gasteiger partial charge in [-0.1, -0.05) is 32.4 Å². The second-order valence-corrected chi connectivity index (χ2v) is 5.35. The lowest BCUT2D eigenvalue weighted by Crippen LogP contribution is -2.41. The van der Waals surface area contributed by atoms with Crippen LogP contribution in [0, 0.1) is 5.92 Å². The van der Waals surface area contributed by atoms with Crippen molar-refractivity contribution in [3.05, 3.63) is 41.7 Å². The summed E-state index contributed by atoms with van der Waals surface area (Å²) in [7, 11) is 0. The summed E-state index contributed by atoms with van der Waals surface area (Å²) in [6, 6.07) is 7.04. The van der Waals surface area contributed by atoms with Crippen LogP contribution in [-0.2, 0) is 6.54 Å². The number of carbonyl (C=O) groups is 1. The summed E-state index contributed by atoms with van der Waals surface area (Å²) in [5, 5.41) is 23.2. The highest BCUT2D eigenvalue weighted by atomic mass is 16.3. The number of tetrazole rings is 1. The number of hydrogen-bond acceptors (Lipinski definition) is 5. The zero-order valence-corrected chi connectivity index (χ0v) is 12.8. The molecular formula is C15H21N5O2. The Balaban J connectivity index is 1.98. The smallest absolute Gasteiger partial charge is 0.251 e. The molecule has 0 aliphatic heterocycles. The maximum Gasteiger partial charge on any atom is 0.251 e. The van der Waals surface area contributed by atoms with E-state index in [9.17, 15) is 9.90 Å². The van der Waals surface area contributed by atoms with Crippen LogP contribution in [0.2, 0.25) is 0 Å². The molecule has 2 atom stereocenters. The van der Waals surface area contributed by atoms with E-state index in [1.54, 1.807) is 23.1 Å². The molecule has 0 saturated carbocycles. The molecule has 0 aliphatic carbocycles. The molecule has 7 heteroatoms. The predicted octanol–water partition coefficient (Wildman–Crippen LogP) is 0.858. The van der Waals surface area contributed by atoms with Crippen molar-refractivity contribution in [1.82, 2.24) is 25.5 Å². The quantitative estimate of drug-likeness (QED) is 0.791. The van der Waals surface area contributed by atoms with Crippen LogP contribution in [0.5, 0.6) is 0 Å². The summed E-state index contributed by atoms with van der Waals surface area (Å²) < 4.78 is 1.61. The minimum Gasteiger partial charge on any atom is -0.394 e. The van der Waals surface area contributed by atoms with E-state index >= 15 is 0 Å². The van der Waals surface area contributed by atoms with Gasteiger partial charge in [-0.15, -0.1) is 5.10 Å². The van der Waals surface area contributed by atoms with Gasteiger partial charge in [0.2, 0.25) is 0 Å². The largest absolute Gasteiger partial charge is 0.394 e. The van der Waals surface area contributed by atoms with E-state index in [1.165, 1.54) is 0 Å². The van der Waals surface area contributed by atoms with Gasteiger partial charge in [0.05, 0.1) is 19.2 Å². The fourth-order valence-electron chi connectivity index (χ4n) is 2.11. The van der Waals surface area contributed by atoms with Crippen molar-refractivity contribution < 1.29 is 9.90 Å². The summed E-state index contributed by atoms with van der Waals surface area (Å²) in [4.78, 5) is 12.2. The van der Waals surface area contributed by atoms with Crippen molar-refractivity contribution in [2.45, 2.75) is 32.9 Å². The Kier molecular flexibility index (Phi) is 5.60. The molecule has 2 rings (SSSR count). The summed E-state index contributed by atoms with van der Waals surface area (Å²) in [5.41, 5.74) is 1.58. The van der Waals surface area contributed by atoms with Crippen molar-refractivity contribution in [2.75, 3.05) is 6.61 Å². The van der Waals surface area contributed by atoms with Crippen LogP contribution < -0.4 is 5.32 Å². The Hall–Kier alpha value is -2.28. The molecule has 1 heterocycles. The first kappa shape index (κ1) is 16.1. The highest BCUT2D eigenvalue weighted by Crippen LogP contribution is 2.10. The van der Waals surface area contributed by atoms with Crippen molar-refractivity contribution in [3.63, 3.8) is 0 Å². The molecule has 118 valence electrons. The molecule has 7 nitrogen and oxygen atoms in total. The lowest BCUT2D eigenvalue weighted by molar-refractivity contribution is 0.0891. The molecule has 0 spiro atoms. The molecule has 0 bridgehead atoms. The second-order valence-electron chi connectivity index (χ2n) is 5.35. The maximum absolute atomic E-state index is 12.2. The number of benzene rings is 1. The van der Waals surface area contributed by atoms with E-state index in [2.05, 4.69) is 20.8 Å². The van der Waals surface area contributed by atoms with Crippen LogP contribution >= 0.6 is 0 Å². The van der Waals surface area contributed by atoms with Crippen molar-refractivity contribution in [1.29, 1.82) is 0 Å². The predicted molar refractivity (Wildman–Crippen MR) is 81.2 cm³/mol. The second kappa shape index (κ2) is 7.65. The van der Waals surface area contributed by atoms with E-state index in [-0.39, 0.29) is 24.5 Å². The van der Waals surface area contributed by atoms with E-state index in [4.69, 9.17) is 0 Å². The van der Waals surface area contributed by atoms with Crippen molar-refractivity contribution in [2.24, 2.45) is 5.92 Å². The minimum atomic E-state index is -0.224. The van der Waals surface area contributed by atoms with Gasteiger partial charge in [0.15, 0.2) is 0 Å². The molecule has 22 heavy (non-hydrogen) atoms. The molecule has 0 fully saturated rings. The average molecular weight is 303 g/mol. The molecule has 1 aromatic heterocycles. The molecule has 0 unspecified atom stereocenters. The molecule has 0 radical (unpaired) electrons.